The third-order valence-corrected chi connectivity index (χ3v) is 3.88. The zero-order chi connectivity index (χ0) is 10.1. The molecule has 0 aromatic rings. The van der Waals surface area contributed by atoms with Crippen molar-refractivity contribution < 1.29 is 4.74 Å². The summed E-state index contributed by atoms with van der Waals surface area (Å²) in [6.45, 7) is 7.79. The molecule has 1 saturated heterocycles. The van der Waals surface area contributed by atoms with Crippen LogP contribution >= 0.6 is 0 Å². The summed E-state index contributed by atoms with van der Waals surface area (Å²) in [5.41, 5.74) is 0.719. The molecule has 82 valence electrons. The molecule has 1 aliphatic carbocycles. The smallest absolute Gasteiger partial charge is 0.0807 e. The van der Waals surface area contributed by atoms with Crippen LogP contribution in [-0.2, 0) is 4.74 Å². The van der Waals surface area contributed by atoms with Crippen LogP contribution in [0.5, 0.6) is 0 Å². The minimum absolute atomic E-state index is 0.187. The Kier molecular flexibility index (Phi) is 2.85. The number of rotatable bonds is 0. The Hall–Kier alpha value is -0.0800. The summed E-state index contributed by atoms with van der Waals surface area (Å²) in [5.74, 6) is 0. The second-order valence-electron chi connectivity index (χ2n) is 5.73. The Morgan fingerprint density at radius 1 is 1.07 bits per heavy atom. The van der Waals surface area contributed by atoms with Crippen molar-refractivity contribution in [3.8, 4) is 0 Å². The van der Waals surface area contributed by atoms with Gasteiger partial charge in [-0.15, -0.1) is 0 Å². The van der Waals surface area contributed by atoms with Gasteiger partial charge in [0.05, 0.1) is 12.2 Å². The standard InChI is InChI=1S/C12H23NO/c1-11(2)4-3-5-12(7-6-11)10-13-8-9-14-12/h13H,3-10H2,1-2H3. The lowest BCUT2D eigenvalue weighted by Gasteiger charge is -2.37. The topological polar surface area (TPSA) is 21.3 Å². The van der Waals surface area contributed by atoms with E-state index in [1.807, 2.05) is 0 Å². The van der Waals surface area contributed by atoms with E-state index in [9.17, 15) is 0 Å². The largest absolute Gasteiger partial charge is 0.372 e. The maximum Gasteiger partial charge on any atom is 0.0807 e. The van der Waals surface area contributed by atoms with E-state index in [1.165, 1.54) is 32.1 Å². The van der Waals surface area contributed by atoms with Crippen LogP contribution in [0.25, 0.3) is 0 Å². The summed E-state index contributed by atoms with van der Waals surface area (Å²) in [6.07, 6.45) is 6.50. The van der Waals surface area contributed by atoms with Crippen LogP contribution in [0.2, 0.25) is 0 Å². The van der Waals surface area contributed by atoms with Crippen molar-refractivity contribution >= 4 is 0 Å². The van der Waals surface area contributed by atoms with Crippen LogP contribution in [0.3, 0.4) is 0 Å². The highest BCUT2D eigenvalue weighted by atomic mass is 16.5. The second kappa shape index (κ2) is 3.82. The van der Waals surface area contributed by atoms with Crippen LogP contribution in [0.1, 0.15) is 46.0 Å². The number of hydrogen-bond donors (Lipinski definition) is 1. The van der Waals surface area contributed by atoms with Gasteiger partial charge in [-0.25, -0.2) is 0 Å². The van der Waals surface area contributed by atoms with Crippen molar-refractivity contribution in [1.82, 2.24) is 5.32 Å². The summed E-state index contributed by atoms with van der Waals surface area (Å²) in [4.78, 5) is 0. The summed E-state index contributed by atoms with van der Waals surface area (Å²) in [5, 5.41) is 3.48. The second-order valence-corrected chi connectivity index (χ2v) is 5.73. The maximum absolute atomic E-state index is 6.02. The van der Waals surface area contributed by atoms with Crippen LogP contribution in [-0.4, -0.2) is 25.3 Å². The van der Waals surface area contributed by atoms with Gasteiger partial charge in [0, 0.05) is 13.1 Å². The molecule has 1 N–H and O–H groups in total. The summed E-state index contributed by atoms with van der Waals surface area (Å²) in [7, 11) is 0. The van der Waals surface area contributed by atoms with Gasteiger partial charge in [0.1, 0.15) is 0 Å². The molecule has 1 atom stereocenters. The molecule has 2 nitrogen and oxygen atoms in total. The molecule has 2 fully saturated rings. The number of ether oxygens (including phenoxy) is 1. The Morgan fingerprint density at radius 3 is 2.64 bits per heavy atom. The molecule has 1 saturated carbocycles. The van der Waals surface area contributed by atoms with Crippen molar-refractivity contribution in [3.05, 3.63) is 0 Å². The van der Waals surface area contributed by atoms with Crippen molar-refractivity contribution in [1.29, 1.82) is 0 Å². The van der Waals surface area contributed by atoms with Crippen molar-refractivity contribution in [2.45, 2.75) is 51.6 Å². The summed E-state index contributed by atoms with van der Waals surface area (Å²) >= 11 is 0. The molecule has 1 spiro atoms. The van der Waals surface area contributed by atoms with Gasteiger partial charge in [-0.1, -0.05) is 20.3 Å². The average Bonchev–Trinajstić information content (AvgIpc) is 2.29. The van der Waals surface area contributed by atoms with Gasteiger partial charge in [-0.05, 0) is 31.1 Å². The van der Waals surface area contributed by atoms with Crippen molar-refractivity contribution in [3.63, 3.8) is 0 Å². The number of nitrogens with one attached hydrogen (secondary N) is 1. The van der Waals surface area contributed by atoms with Gasteiger partial charge in [0.25, 0.3) is 0 Å². The normalized spacial score (nSPS) is 38.1. The Morgan fingerprint density at radius 2 is 1.93 bits per heavy atom. The monoisotopic (exact) mass is 197 g/mol. The van der Waals surface area contributed by atoms with Gasteiger partial charge in [0.15, 0.2) is 0 Å². The van der Waals surface area contributed by atoms with E-state index in [0.29, 0.717) is 5.41 Å². The molecule has 0 radical (unpaired) electrons. The molecular formula is C12H23NO. The number of hydrogen-bond acceptors (Lipinski definition) is 2. The van der Waals surface area contributed by atoms with Gasteiger partial charge in [0.2, 0.25) is 0 Å². The zero-order valence-electron chi connectivity index (χ0n) is 9.57. The molecule has 1 unspecified atom stereocenters. The quantitative estimate of drug-likeness (QED) is 0.643. The first-order valence-electron chi connectivity index (χ1n) is 5.97. The number of morpholine rings is 1. The highest BCUT2D eigenvalue weighted by molar-refractivity contribution is 4.91. The molecule has 14 heavy (non-hydrogen) atoms. The maximum atomic E-state index is 6.02. The molecule has 0 aromatic heterocycles. The lowest BCUT2D eigenvalue weighted by Crippen LogP contribution is -2.49. The van der Waals surface area contributed by atoms with E-state index in [1.54, 1.807) is 0 Å². The van der Waals surface area contributed by atoms with Crippen LogP contribution < -0.4 is 5.32 Å². The van der Waals surface area contributed by atoms with Gasteiger partial charge >= 0.3 is 0 Å². The Bertz CT molecular complexity index is 194. The van der Waals surface area contributed by atoms with E-state index in [2.05, 4.69) is 19.2 Å². The Balaban J connectivity index is 1.99. The molecule has 0 aromatic carbocycles. The Labute approximate surface area is 87.4 Å². The van der Waals surface area contributed by atoms with Crippen LogP contribution in [0, 0.1) is 5.41 Å². The van der Waals surface area contributed by atoms with E-state index in [4.69, 9.17) is 4.74 Å². The first kappa shape index (κ1) is 10.4. The van der Waals surface area contributed by atoms with Gasteiger partial charge < -0.3 is 10.1 Å². The predicted octanol–water partition coefficient (Wildman–Crippen LogP) is 2.34. The third-order valence-electron chi connectivity index (χ3n) is 3.88. The molecular weight excluding hydrogens is 174 g/mol. The molecule has 1 aliphatic heterocycles. The predicted molar refractivity (Wildman–Crippen MR) is 58.4 cm³/mol. The molecule has 2 heteroatoms. The fourth-order valence-corrected chi connectivity index (χ4v) is 2.73. The van der Waals surface area contributed by atoms with Gasteiger partial charge in [-0.2, -0.15) is 0 Å². The van der Waals surface area contributed by atoms with Crippen LogP contribution in [0.4, 0.5) is 0 Å². The fraction of sp³-hybridized carbons (Fsp3) is 1.00. The molecule has 2 rings (SSSR count). The van der Waals surface area contributed by atoms with Crippen molar-refractivity contribution in [2.75, 3.05) is 19.7 Å². The van der Waals surface area contributed by atoms with Crippen molar-refractivity contribution in [2.24, 2.45) is 5.41 Å². The molecule has 0 amide bonds. The van der Waals surface area contributed by atoms with E-state index in [0.717, 1.165) is 19.7 Å². The van der Waals surface area contributed by atoms with Crippen LogP contribution in [0.15, 0.2) is 0 Å². The minimum atomic E-state index is 0.187. The van der Waals surface area contributed by atoms with E-state index >= 15 is 0 Å². The SMILES string of the molecule is CC1(C)CCCC2(CC1)CNCCO2. The molecule has 0 bridgehead atoms. The highest BCUT2D eigenvalue weighted by Gasteiger charge is 2.37. The summed E-state index contributed by atoms with van der Waals surface area (Å²) in [6, 6.07) is 0. The molecule has 2 aliphatic rings. The summed E-state index contributed by atoms with van der Waals surface area (Å²) < 4.78 is 6.02. The van der Waals surface area contributed by atoms with Gasteiger partial charge in [-0.3, -0.25) is 0 Å². The fourth-order valence-electron chi connectivity index (χ4n) is 2.73. The minimum Gasteiger partial charge on any atom is -0.372 e. The zero-order valence-corrected chi connectivity index (χ0v) is 9.57. The molecule has 1 heterocycles. The van der Waals surface area contributed by atoms with E-state index < -0.39 is 0 Å². The highest BCUT2D eigenvalue weighted by Crippen LogP contribution is 2.39. The first-order chi connectivity index (χ1) is 6.62. The lowest BCUT2D eigenvalue weighted by atomic mass is 9.84. The average molecular weight is 197 g/mol. The van der Waals surface area contributed by atoms with E-state index in [-0.39, 0.29) is 5.60 Å². The first-order valence-corrected chi connectivity index (χ1v) is 5.97. The third kappa shape index (κ3) is 2.29. The lowest BCUT2D eigenvalue weighted by molar-refractivity contribution is -0.0763.